The molecule has 1 aromatic heterocycles. The third-order valence-electron chi connectivity index (χ3n) is 6.53. The van der Waals surface area contributed by atoms with E-state index in [0.29, 0.717) is 35.1 Å². The molecule has 1 amide bonds. The number of aromatic amines is 1. The normalized spacial score (nSPS) is 14.8. The highest BCUT2D eigenvalue weighted by atomic mass is 35.5. The molecule has 184 valence electrons. The number of aromatic hydroxyl groups is 1. The van der Waals surface area contributed by atoms with Crippen LogP contribution in [0.3, 0.4) is 0 Å². The molecule has 36 heavy (non-hydrogen) atoms. The van der Waals surface area contributed by atoms with Gasteiger partial charge in [-0.2, -0.15) is 5.10 Å². The summed E-state index contributed by atoms with van der Waals surface area (Å²) in [5, 5.41) is 18.7. The van der Waals surface area contributed by atoms with Crippen molar-refractivity contribution in [3.63, 3.8) is 0 Å². The van der Waals surface area contributed by atoms with Gasteiger partial charge in [-0.05, 0) is 54.3 Å². The summed E-state index contributed by atoms with van der Waals surface area (Å²) < 4.78 is 5.98. The summed E-state index contributed by atoms with van der Waals surface area (Å²) in [5.74, 6) is 0.677. The Hall–Kier alpha value is -3.77. The molecule has 7 heteroatoms. The molecular weight excluding hydrogens is 474 g/mol. The molecule has 5 rings (SSSR count). The van der Waals surface area contributed by atoms with Crippen molar-refractivity contribution in [2.24, 2.45) is 0 Å². The maximum atomic E-state index is 13.7. The van der Waals surface area contributed by atoms with Crippen LogP contribution in [0.2, 0.25) is 5.02 Å². The number of halogens is 1. The summed E-state index contributed by atoms with van der Waals surface area (Å²) in [4.78, 5) is 15.5. The fourth-order valence-electron chi connectivity index (χ4n) is 4.66. The first-order valence-electron chi connectivity index (χ1n) is 12.1. The van der Waals surface area contributed by atoms with E-state index in [1.54, 1.807) is 12.1 Å². The molecule has 0 saturated carbocycles. The van der Waals surface area contributed by atoms with Gasteiger partial charge in [0.05, 0.1) is 12.6 Å². The van der Waals surface area contributed by atoms with E-state index in [1.165, 1.54) is 0 Å². The van der Waals surface area contributed by atoms with Crippen LogP contribution in [-0.2, 0) is 6.54 Å². The Morgan fingerprint density at radius 1 is 1.11 bits per heavy atom. The molecule has 2 N–H and O–H groups in total. The number of hydrogen-bond acceptors (Lipinski definition) is 4. The molecule has 2 heterocycles. The molecule has 3 aromatic carbocycles. The number of benzene rings is 3. The number of nitrogens with zero attached hydrogens (tertiary/aromatic N) is 2. The summed E-state index contributed by atoms with van der Waals surface area (Å²) in [5.41, 5.74) is 4.82. The number of aryl methyl sites for hydroxylation is 1. The number of phenolic OH excluding ortho intramolecular Hbond substituents is 1. The fraction of sp³-hybridized carbons (Fsp3) is 0.241. The SMILES string of the molecule is CCCCOc1cccc(C2c3c(-c4cc(Cl)c(C)cc4O)n[nH]c3C(=O)N2Cc2ccccc2)c1. The highest BCUT2D eigenvalue weighted by molar-refractivity contribution is 6.31. The number of rotatable bonds is 8. The van der Waals surface area contributed by atoms with Gasteiger partial charge in [0.2, 0.25) is 0 Å². The molecule has 1 aliphatic rings. The van der Waals surface area contributed by atoms with E-state index in [1.807, 2.05) is 66.4 Å². The largest absolute Gasteiger partial charge is 0.507 e. The predicted octanol–water partition coefficient (Wildman–Crippen LogP) is 6.67. The van der Waals surface area contributed by atoms with E-state index in [-0.39, 0.29) is 11.7 Å². The fourth-order valence-corrected chi connectivity index (χ4v) is 4.82. The lowest BCUT2D eigenvalue weighted by atomic mass is 9.95. The third kappa shape index (κ3) is 4.44. The van der Waals surface area contributed by atoms with Gasteiger partial charge in [0.25, 0.3) is 5.91 Å². The molecule has 1 atom stereocenters. The first-order valence-corrected chi connectivity index (χ1v) is 12.5. The molecule has 0 aliphatic carbocycles. The van der Waals surface area contributed by atoms with Crippen molar-refractivity contribution in [2.75, 3.05) is 6.61 Å². The molecule has 0 spiro atoms. The zero-order valence-corrected chi connectivity index (χ0v) is 21.0. The van der Waals surface area contributed by atoms with Crippen LogP contribution in [0.25, 0.3) is 11.3 Å². The predicted molar refractivity (Wildman–Crippen MR) is 140 cm³/mol. The quantitative estimate of drug-likeness (QED) is 0.264. The van der Waals surface area contributed by atoms with Crippen molar-refractivity contribution >= 4 is 17.5 Å². The van der Waals surface area contributed by atoms with E-state index in [9.17, 15) is 9.90 Å². The van der Waals surface area contributed by atoms with E-state index >= 15 is 0 Å². The van der Waals surface area contributed by atoms with Gasteiger partial charge in [-0.1, -0.05) is 67.4 Å². The minimum atomic E-state index is -0.421. The third-order valence-corrected chi connectivity index (χ3v) is 6.94. The average Bonchev–Trinajstić information content (AvgIpc) is 3.41. The molecule has 0 fully saturated rings. The van der Waals surface area contributed by atoms with Crippen molar-refractivity contribution < 1.29 is 14.6 Å². The number of phenols is 1. The lowest BCUT2D eigenvalue weighted by Gasteiger charge is -2.27. The maximum absolute atomic E-state index is 13.7. The van der Waals surface area contributed by atoms with Crippen LogP contribution in [0.5, 0.6) is 11.5 Å². The van der Waals surface area contributed by atoms with Crippen molar-refractivity contribution in [3.05, 3.63) is 99.7 Å². The molecule has 6 nitrogen and oxygen atoms in total. The molecule has 0 radical (unpaired) electrons. The van der Waals surface area contributed by atoms with Gasteiger partial charge in [0.1, 0.15) is 22.9 Å². The topological polar surface area (TPSA) is 78.5 Å². The van der Waals surface area contributed by atoms with Crippen LogP contribution < -0.4 is 4.74 Å². The number of fused-ring (bicyclic) bond motifs is 1. The lowest BCUT2D eigenvalue weighted by Crippen LogP contribution is -2.29. The second-order valence-corrected chi connectivity index (χ2v) is 9.48. The highest BCUT2D eigenvalue weighted by Gasteiger charge is 2.42. The van der Waals surface area contributed by atoms with E-state index in [4.69, 9.17) is 16.3 Å². The minimum absolute atomic E-state index is 0.0653. The number of ether oxygens (including phenoxy) is 1. The van der Waals surface area contributed by atoms with Crippen LogP contribution in [0.4, 0.5) is 0 Å². The number of amides is 1. The first-order chi connectivity index (χ1) is 17.5. The van der Waals surface area contributed by atoms with Crippen LogP contribution >= 0.6 is 11.6 Å². The zero-order chi connectivity index (χ0) is 25.2. The number of carbonyl (C=O) groups is 1. The number of unbranched alkanes of at least 4 members (excludes halogenated alkanes) is 1. The zero-order valence-electron chi connectivity index (χ0n) is 20.3. The van der Waals surface area contributed by atoms with Crippen LogP contribution in [0.1, 0.15) is 58.5 Å². The maximum Gasteiger partial charge on any atom is 0.273 e. The van der Waals surface area contributed by atoms with Crippen LogP contribution in [0.15, 0.2) is 66.7 Å². The van der Waals surface area contributed by atoms with Gasteiger partial charge >= 0.3 is 0 Å². The summed E-state index contributed by atoms with van der Waals surface area (Å²) in [6.45, 7) is 5.02. The van der Waals surface area contributed by atoms with E-state index in [0.717, 1.165) is 40.8 Å². The van der Waals surface area contributed by atoms with Crippen molar-refractivity contribution in [3.8, 4) is 22.8 Å². The Balaban J connectivity index is 1.63. The van der Waals surface area contributed by atoms with E-state index < -0.39 is 6.04 Å². The molecule has 1 aliphatic heterocycles. The Morgan fingerprint density at radius 3 is 2.69 bits per heavy atom. The first kappa shape index (κ1) is 23.9. The second-order valence-electron chi connectivity index (χ2n) is 9.08. The number of nitrogens with one attached hydrogen (secondary N) is 1. The summed E-state index contributed by atoms with van der Waals surface area (Å²) in [6.07, 6.45) is 2.02. The lowest BCUT2D eigenvalue weighted by molar-refractivity contribution is 0.0730. The Bertz CT molecular complexity index is 1400. The van der Waals surface area contributed by atoms with Crippen molar-refractivity contribution in [1.82, 2.24) is 15.1 Å². The van der Waals surface area contributed by atoms with Gasteiger partial charge < -0.3 is 14.7 Å². The Morgan fingerprint density at radius 2 is 1.92 bits per heavy atom. The monoisotopic (exact) mass is 501 g/mol. The summed E-state index contributed by atoms with van der Waals surface area (Å²) in [7, 11) is 0. The van der Waals surface area contributed by atoms with Crippen molar-refractivity contribution in [1.29, 1.82) is 0 Å². The van der Waals surface area contributed by atoms with E-state index in [2.05, 4.69) is 17.1 Å². The van der Waals surface area contributed by atoms with Gasteiger partial charge in [0, 0.05) is 22.7 Å². The molecular formula is C29H28ClN3O3. The van der Waals surface area contributed by atoms with Gasteiger partial charge in [-0.15, -0.1) is 0 Å². The number of hydrogen-bond donors (Lipinski definition) is 2. The Kier molecular flexibility index (Phi) is 6.70. The van der Waals surface area contributed by atoms with Gasteiger partial charge in [-0.3, -0.25) is 9.89 Å². The summed E-state index contributed by atoms with van der Waals surface area (Å²) in [6, 6.07) is 20.7. The molecule has 4 aromatic rings. The number of H-pyrrole nitrogens is 1. The molecule has 0 bridgehead atoms. The number of aromatic nitrogens is 2. The standard InChI is InChI=1S/C29H28ClN3O3/c1-3-4-13-36-21-12-8-11-20(15-21)28-25-26(22-16-23(30)18(2)14-24(22)34)31-32-27(25)29(35)33(28)17-19-9-6-5-7-10-19/h5-12,14-16,28,34H,3-4,13,17H2,1-2H3,(H,31,32). The smallest absolute Gasteiger partial charge is 0.273 e. The second kappa shape index (κ2) is 10.1. The minimum Gasteiger partial charge on any atom is -0.507 e. The highest BCUT2D eigenvalue weighted by Crippen LogP contribution is 2.46. The number of carbonyl (C=O) groups excluding carboxylic acids is 1. The molecule has 0 saturated heterocycles. The summed E-state index contributed by atoms with van der Waals surface area (Å²) >= 11 is 6.41. The average molecular weight is 502 g/mol. The van der Waals surface area contributed by atoms with Gasteiger partial charge in [0.15, 0.2) is 0 Å². The van der Waals surface area contributed by atoms with Crippen LogP contribution in [0, 0.1) is 6.92 Å². The van der Waals surface area contributed by atoms with Crippen LogP contribution in [-0.4, -0.2) is 32.7 Å². The Labute approximate surface area is 215 Å². The van der Waals surface area contributed by atoms with Gasteiger partial charge in [-0.25, -0.2) is 0 Å². The molecule has 1 unspecified atom stereocenters. The van der Waals surface area contributed by atoms with Crippen molar-refractivity contribution in [2.45, 2.75) is 39.3 Å².